The van der Waals surface area contributed by atoms with Crippen LogP contribution in [0.25, 0.3) is 0 Å². The first-order valence-corrected chi connectivity index (χ1v) is 5.83. The third kappa shape index (κ3) is 5.47. The number of hydrogen-bond acceptors (Lipinski definition) is 3. The molecule has 1 unspecified atom stereocenters. The lowest BCUT2D eigenvalue weighted by molar-refractivity contribution is -0.119. The first-order chi connectivity index (χ1) is 8.09. The molecule has 4 heteroatoms. The highest BCUT2D eigenvalue weighted by atomic mass is 16.5. The number of carbonyl (C=O) groups excluding carboxylic acids is 1. The molecule has 0 heterocycles. The van der Waals surface area contributed by atoms with Crippen LogP contribution < -0.4 is 5.73 Å². The van der Waals surface area contributed by atoms with Gasteiger partial charge < -0.3 is 10.9 Å². The number of benzene rings is 1. The second-order valence-corrected chi connectivity index (χ2v) is 4.28. The Balaban J connectivity index is 2.46. The van der Waals surface area contributed by atoms with Crippen LogP contribution in [0, 0.1) is 0 Å². The summed E-state index contributed by atoms with van der Waals surface area (Å²) in [6, 6.07) is 10.0. The van der Waals surface area contributed by atoms with E-state index in [2.05, 4.69) is 0 Å². The Morgan fingerprint density at radius 1 is 1.41 bits per heavy atom. The summed E-state index contributed by atoms with van der Waals surface area (Å²) in [5, 5.41) is 10.8. The number of primary amides is 1. The largest absolute Gasteiger partial charge is 0.370 e. The summed E-state index contributed by atoms with van der Waals surface area (Å²) in [6.07, 6.45) is 2.61. The van der Waals surface area contributed by atoms with Gasteiger partial charge in [-0.1, -0.05) is 30.3 Å². The maximum absolute atomic E-state index is 10.7. The van der Waals surface area contributed by atoms with Crippen LogP contribution in [0.15, 0.2) is 30.3 Å². The van der Waals surface area contributed by atoms with Crippen LogP contribution in [0.1, 0.15) is 24.8 Å². The normalized spacial score (nSPS) is 12.6. The van der Waals surface area contributed by atoms with Crippen molar-refractivity contribution in [2.45, 2.75) is 31.7 Å². The van der Waals surface area contributed by atoms with Gasteiger partial charge >= 0.3 is 0 Å². The van der Waals surface area contributed by atoms with Crippen molar-refractivity contribution in [1.82, 2.24) is 5.06 Å². The Bertz CT molecular complexity index is 339. The second kappa shape index (κ2) is 7.04. The monoisotopic (exact) mass is 236 g/mol. The molecule has 17 heavy (non-hydrogen) atoms. The van der Waals surface area contributed by atoms with Gasteiger partial charge in [0.2, 0.25) is 5.91 Å². The third-order valence-corrected chi connectivity index (χ3v) is 2.80. The molecule has 0 radical (unpaired) electrons. The third-order valence-electron chi connectivity index (χ3n) is 2.80. The lowest BCUT2D eigenvalue weighted by atomic mass is 10.0. The first-order valence-electron chi connectivity index (χ1n) is 5.83. The summed E-state index contributed by atoms with van der Waals surface area (Å²) < 4.78 is 0. The summed E-state index contributed by atoms with van der Waals surface area (Å²) in [7, 11) is 1.64. The van der Waals surface area contributed by atoms with Crippen molar-refractivity contribution < 1.29 is 10.0 Å². The molecule has 0 bridgehead atoms. The van der Waals surface area contributed by atoms with Crippen molar-refractivity contribution in [1.29, 1.82) is 0 Å². The van der Waals surface area contributed by atoms with Crippen molar-refractivity contribution in [3.05, 3.63) is 35.9 Å². The van der Waals surface area contributed by atoms with Gasteiger partial charge in [-0.05, 0) is 24.8 Å². The molecule has 0 saturated heterocycles. The van der Waals surface area contributed by atoms with Crippen LogP contribution in [0.3, 0.4) is 0 Å². The van der Waals surface area contributed by atoms with Crippen molar-refractivity contribution >= 4 is 5.91 Å². The highest BCUT2D eigenvalue weighted by Crippen LogP contribution is 2.12. The molecule has 3 N–H and O–H groups in total. The summed E-state index contributed by atoms with van der Waals surface area (Å²) in [5.41, 5.74) is 6.27. The molecule has 4 nitrogen and oxygen atoms in total. The van der Waals surface area contributed by atoms with Gasteiger partial charge in [-0.3, -0.25) is 4.79 Å². The van der Waals surface area contributed by atoms with E-state index in [0.717, 1.165) is 12.8 Å². The molecule has 0 aromatic heterocycles. The average molecular weight is 236 g/mol. The van der Waals surface area contributed by atoms with Crippen molar-refractivity contribution in [3.8, 4) is 0 Å². The number of hydroxylamine groups is 2. The van der Waals surface area contributed by atoms with Gasteiger partial charge in [0.05, 0.1) is 0 Å². The minimum atomic E-state index is -0.288. The van der Waals surface area contributed by atoms with Crippen molar-refractivity contribution in [2.75, 3.05) is 7.05 Å². The quantitative estimate of drug-likeness (QED) is 0.706. The summed E-state index contributed by atoms with van der Waals surface area (Å²) in [6.45, 7) is 0. The number of nitrogens with two attached hydrogens (primary N) is 1. The number of nitrogens with zero attached hydrogens (tertiary/aromatic N) is 1. The molecule has 0 saturated carbocycles. The fourth-order valence-electron chi connectivity index (χ4n) is 1.82. The standard InChI is InChI=1S/C13H20N2O2/c1-15(17)12(8-5-9-13(14)16)10-11-6-3-2-4-7-11/h2-4,6-7,12,17H,5,8-10H2,1H3,(H2,14,16). The van der Waals surface area contributed by atoms with Gasteiger partial charge in [-0.25, -0.2) is 0 Å². The number of hydrogen-bond donors (Lipinski definition) is 2. The van der Waals surface area contributed by atoms with Crippen LogP contribution in [0.2, 0.25) is 0 Å². The van der Waals surface area contributed by atoms with Crippen LogP contribution >= 0.6 is 0 Å². The molecule has 1 rings (SSSR count). The van der Waals surface area contributed by atoms with E-state index >= 15 is 0 Å². The molecule has 1 atom stereocenters. The maximum Gasteiger partial charge on any atom is 0.217 e. The van der Waals surface area contributed by atoms with Gasteiger partial charge in [0.25, 0.3) is 0 Å². The number of likely N-dealkylation sites (N-methyl/N-ethyl adjacent to an activating group) is 1. The lowest BCUT2D eigenvalue weighted by Crippen LogP contribution is -2.31. The van der Waals surface area contributed by atoms with Crippen LogP contribution in [-0.4, -0.2) is 29.3 Å². The summed E-state index contributed by atoms with van der Waals surface area (Å²) in [5.74, 6) is -0.288. The fourth-order valence-corrected chi connectivity index (χ4v) is 1.82. The fraction of sp³-hybridized carbons (Fsp3) is 0.462. The topological polar surface area (TPSA) is 66.6 Å². The first kappa shape index (κ1) is 13.7. The maximum atomic E-state index is 10.7. The van der Waals surface area contributed by atoms with Gasteiger partial charge in [0, 0.05) is 19.5 Å². The van der Waals surface area contributed by atoms with Crippen molar-refractivity contribution in [3.63, 3.8) is 0 Å². The Kier molecular flexibility index (Phi) is 5.66. The number of carbonyl (C=O) groups is 1. The molecular weight excluding hydrogens is 216 g/mol. The van der Waals surface area contributed by atoms with Crippen LogP contribution in [-0.2, 0) is 11.2 Å². The van der Waals surface area contributed by atoms with E-state index in [4.69, 9.17) is 5.73 Å². The van der Waals surface area contributed by atoms with E-state index in [-0.39, 0.29) is 11.9 Å². The molecule has 0 fully saturated rings. The van der Waals surface area contributed by atoms with E-state index in [1.807, 2.05) is 30.3 Å². The van der Waals surface area contributed by atoms with Crippen LogP contribution in [0.4, 0.5) is 0 Å². The van der Waals surface area contributed by atoms with Gasteiger partial charge in [0.1, 0.15) is 0 Å². The highest BCUT2D eigenvalue weighted by Gasteiger charge is 2.13. The smallest absolute Gasteiger partial charge is 0.217 e. The van der Waals surface area contributed by atoms with Gasteiger partial charge in [-0.15, -0.1) is 0 Å². The highest BCUT2D eigenvalue weighted by molar-refractivity contribution is 5.73. The number of rotatable bonds is 7. The number of amides is 1. The molecule has 1 aromatic carbocycles. The summed E-state index contributed by atoms with van der Waals surface area (Å²) >= 11 is 0. The van der Waals surface area contributed by atoms with E-state index in [9.17, 15) is 10.0 Å². The minimum Gasteiger partial charge on any atom is -0.370 e. The Morgan fingerprint density at radius 3 is 2.59 bits per heavy atom. The van der Waals surface area contributed by atoms with Gasteiger partial charge in [-0.2, -0.15) is 5.06 Å². The van der Waals surface area contributed by atoms with Crippen molar-refractivity contribution in [2.24, 2.45) is 5.73 Å². The minimum absolute atomic E-state index is 0.0248. The average Bonchev–Trinajstić information content (AvgIpc) is 2.28. The zero-order chi connectivity index (χ0) is 12.7. The second-order valence-electron chi connectivity index (χ2n) is 4.28. The SMILES string of the molecule is CN(O)C(CCCC(N)=O)Cc1ccccc1. The Hall–Kier alpha value is -1.39. The summed E-state index contributed by atoms with van der Waals surface area (Å²) in [4.78, 5) is 10.7. The zero-order valence-electron chi connectivity index (χ0n) is 10.2. The van der Waals surface area contributed by atoms with E-state index < -0.39 is 0 Å². The molecule has 94 valence electrons. The molecule has 1 amide bonds. The van der Waals surface area contributed by atoms with Gasteiger partial charge in [0.15, 0.2) is 0 Å². The van der Waals surface area contributed by atoms with E-state index in [1.54, 1.807) is 7.05 Å². The molecule has 0 spiro atoms. The molecule has 1 aromatic rings. The zero-order valence-corrected chi connectivity index (χ0v) is 10.2. The predicted molar refractivity (Wildman–Crippen MR) is 66.5 cm³/mol. The molecule has 0 aliphatic carbocycles. The molecular formula is C13H20N2O2. The van der Waals surface area contributed by atoms with E-state index in [0.29, 0.717) is 12.8 Å². The predicted octanol–water partition coefficient (Wildman–Crippen LogP) is 1.57. The molecule has 0 aliphatic heterocycles. The Labute approximate surface area is 102 Å². The van der Waals surface area contributed by atoms with Crippen LogP contribution in [0.5, 0.6) is 0 Å². The van der Waals surface area contributed by atoms with E-state index in [1.165, 1.54) is 10.6 Å². The lowest BCUT2D eigenvalue weighted by Gasteiger charge is -2.22. The Morgan fingerprint density at radius 2 is 2.06 bits per heavy atom. The molecule has 0 aliphatic rings.